The lowest BCUT2D eigenvalue weighted by Gasteiger charge is -2.35. The number of hydrogen-bond acceptors (Lipinski definition) is 9. The molecule has 0 amide bonds. The molecule has 182 valence electrons. The predicted molar refractivity (Wildman–Crippen MR) is 119 cm³/mol. The number of rotatable bonds is 5. The van der Waals surface area contributed by atoms with Gasteiger partial charge in [-0.2, -0.15) is 18.2 Å². The van der Waals surface area contributed by atoms with Crippen molar-refractivity contribution in [1.29, 1.82) is 0 Å². The number of nitrogens with zero attached hydrogens (tertiary/aromatic N) is 4. The topological polar surface area (TPSA) is 86.7 Å². The van der Waals surface area contributed by atoms with Gasteiger partial charge < -0.3 is 14.2 Å². The zero-order chi connectivity index (χ0) is 24.6. The molecule has 1 saturated heterocycles. The van der Waals surface area contributed by atoms with Crippen molar-refractivity contribution in [2.75, 3.05) is 27.8 Å². The van der Waals surface area contributed by atoms with Gasteiger partial charge in [-0.25, -0.2) is 9.97 Å². The van der Waals surface area contributed by atoms with Crippen LogP contribution in [-0.4, -0.2) is 65.8 Å². The molecule has 4 rings (SSSR count). The lowest BCUT2D eigenvalue weighted by atomic mass is 10.00. The van der Waals surface area contributed by atoms with Crippen molar-refractivity contribution in [1.82, 2.24) is 19.9 Å². The van der Waals surface area contributed by atoms with Crippen molar-refractivity contribution >= 4 is 28.2 Å². The fourth-order valence-electron chi connectivity index (χ4n) is 3.93. The van der Waals surface area contributed by atoms with Crippen molar-refractivity contribution in [3.8, 4) is 22.5 Å². The quantitative estimate of drug-likeness (QED) is 0.488. The van der Waals surface area contributed by atoms with Crippen LogP contribution in [0.25, 0.3) is 21.7 Å². The number of alkyl halides is 3. The highest BCUT2D eigenvalue weighted by Gasteiger charge is 2.35. The summed E-state index contributed by atoms with van der Waals surface area (Å²) >= 11 is 0.805. The Labute approximate surface area is 197 Å². The minimum atomic E-state index is -4.57. The molecule has 0 N–H and O–H groups in total. The Morgan fingerprint density at radius 3 is 2.62 bits per heavy atom. The minimum absolute atomic E-state index is 0.0248. The number of halogens is 3. The molecule has 1 aromatic carbocycles. The molecule has 3 aromatic rings. The van der Waals surface area contributed by atoms with Crippen LogP contribution >= 0.6 is 11.3 Å². The lowest BCUT2D eigenvalue weighted by Crippen LogP contribution is -2.48. The third kappa shape index (κ3) is 4.64. The molecular formula is C22H23F3N4O4S. The Morgan fingerprint density at radius 2 is 1.97 bits per heavy atom. The van der Waals surface area contributed by atoms with Gasteiger partial charge in [0.05, 0.1) is 25.1 Å². The first-order valence-electron chi connectivity index (χ1n) is 10.5. The van der Waals surface area contributed by atoms with E-state index in [2.05, 4.69) is 15.0 Å². The van der Waals surface area contributed by atoms with Crippen LogP contribution in [0.5, 0.6) is 11.6 Å². The van der Waals surface area contributed by atoms with E-state index in [1.54, 1.807) is 19.1 Å². The Bertz CT molecular complexity index is 1220. The fourth-order valence-corrected chi connectivity index (χ4v) is 4.68. The molecule has 0 spiro atoms. The smallest absolute Gasteiger partial charge is 0.434 e. The first-order valence-corrected chi connectivity index (χ1v) is 11.3. The van der Waals surface area contributed by atoms with E-state index in [1.807, 2.05) is 11.9 Å². The summed E-state index contributed by atoms with van der Waals surface area (Å²) < 4.78 is 55.8. The average Bonchev–Trinajstić information content (AvgIpc) is 3.31. The molecule has 1 aliphatic rings. The number of esters is 1. The van der Waals surface area contributed by atoms with Crippen LogP contribution in [0, 0.1) is 6.92 Å². The molecule has 12 heteroatoms. The molecular weight excluding hydrogens is 473 g/mol. The Morgan fingerprint density at radius 1 is 1.21 bits per heavy atom. The molecule has 0 saturated carbocycles. The number of likely N-dealkylation sites (tertiary alicyclic amines) is 1. The van der Waals surface area contributed by atoms with Gasteiger partial charge in [-0.1, -0.05) is 0 Å². The van der Waals surface area contributed by atoms with Crippen LogP contribution in [-0.2, 0) is 15.7 Å². The van der Waals surface area contributed by atoms with Gasteiger partial charge in [-0.15, -0.1) is 11.3 Å². The molecule has 0 bridgehead atoms. The van der Waals surface area contributed by atoms with Gasteiger partial charge in [0.1, 0.15) is 17.9 Å². The zero-order valence-electron chi connectivity index (χ0n) is 19.0. The summed E-state index contributed by atoms with van der Waals surface area (Å²) in [4.78, 5) is 26.7. The Kier molecular flexibility index (Phi) is 6.63. The maximum atomic E-state index is 13.1. The van der Waals surface area contributed by atoms with Crippen molar-refractivity contribution in [3.63, 3.8) is 0 Å². The number of aromatic nitrogens is 3. The number of methoxy groups -OCH3 is 2. The number of thiazole rings is 1. The first-order chi connectivity index (χ1) is 16.1. The summed E-state index contributed by atoms with van der Waals surface area (Å²) in [6.07, 6.45) is -3.90. The van der Waals surface area contributed by atoms with Gasteiger partial charge in [0, 0.05) is 23.9 Å². The van der Waals surface area contributed by atoms with Crippen LogP contribution in [0.15, 0.2) is 17.5 Å². The highest BCUT2D eigenvalue weighted by molar-refractivity contribution is 7.13. The molecule has 0 radical (unpaired) electrons. The first kappa shape index (κ1) is 24.1. The van der Waals surface area contributed by atoms with Crippen molar-refractivity contribution in [3.05, 3.63) is 28.8 Å². The van der Waals surface area contributed by atoms with E-state index in [1.165, 1.54) is 14.2 Å². The van der Waals surface area contributed by atoms with Crippen LogP contribution in [0.3, 0.4) is 0 Å². The van der Waals surface area contributed by atoms with Gasteiger partial charge >= 0.3 is 12.1 Å². The van der Waals surface area contributed by atoms with Gasteiger partial charge in [0.25, 0.3) is 0 Å². The van der Waals surface area contributed by atoms with E-state index in [-0.39, 0.29) is 28.8 Å². The number of fused-ring (bicyclic) bond motifs is 1. The summed E-state index contributed by atoms with van der Waals surface area (Å²) in [6.45, 7) is 2.40. The number of carbonyl (C=O) groups excluding carboxylic acids is 1. The monoisotopic (exact) mass is 496 g/mol. The third-order valence-corrected chi connectivity index (χ3v) is 6.65. The summed E-state index contributed by atoms with van der Waals surface area (Å²) in [5, 5.41) is 1.54. The minimum Gasteiger partial charge on any atom is -0.496 e. The van der Waals surface area contributed by atoms with Gasteiger partial charge in [0.15, 0.2) is 16.5 Å². The molecule has 1 fully saturated rings. The number of aryl methyl sites for hydroxylation is 1. The van der Waals surface area contributed by atoms with Crippen LogP contribution in [0.2, 0.25) is 0 Å². The SMILES string of the molecule is COC(=O)[C@@H]1C[C@@H](Oc2nc(-c3nc(C(F)(F)F)cs3)nc3c(C)c(OC)ccc23)CCN1C. The van der Waals surface area contributed by atoms with Crippen LogP contribution in [0.4, 0.5) is 13.2 Å². The van der Waals surface area contributed by atoms with E-state index in [9.17, 15) is 18.0 Å². The highest BCUT2D eigenvalue weighted by Crippen LogP contribution is 2.37. The molecule has 1 aliphatic heterocycles. The van der Waals surface area contributed by atoms with Gasteiger partial charge in [0.2, 0.25) is 5.88 Å². The second-order valence-electron chi connectivity index (χ2n) is 7.96. The number of ether oxygens (including phenoxy) is 3. The van der Waals surface area contributed by atoms with Crippen molar-refractivity contribution in [2.24, 2.45) is 0 Å². The fraction of sp³-hybridized carbons (Fsp3) is 0.455. The number of carbonyl (C=O) groups is 1. The molecule has 34 heavy (non-hydrogen) atoms. The van der Waals surface area contributed by atoms with Crippen LogP contribution < -0.4 is 9.47 Å². The van der Waals surface area contributed by atoms with E-state index in [0.29, 0.717) is 41.6 Å². The number of benzene rings is 1. The second kappa shape index (κ2) is 9.34. The maximum Gasteiger partial charge on any atom is 0.434 e. The van der Waals surface area contributed by atoms with Crippen molar-refractivity contribution < 1.29 is 32.2 Å². The molecule has 0 aliphatic carbocycles. The molecule has 8 nitrogen and oxygen atoms in total. The summed E-state index contributed by atoms with van der Waals surface area (Å²) in [6, 6.07) is 3.03. The van der Waals surface area contributed by atoms with Gasteiger partial charge in [-0.05, 0) is 32.5 Å². The third-order valence-electron chi connectivity index (χ3n) is 5.82. The van der Waals surface area contributed by atoms with Crippen molar-refractivity contribution in [2.45, 2.75) is 38.1 Å². The summed E-state index contributed by atoms with van der Waals surface area (Å²) in [5.74, 6) is 0.458. The van der Waals surface area contributed by atoms with E-state index >= 15 is 0 Å². The Hall–Kier alpha value is -2.99. The average molecular weight is 497 g/mol. The number of likely N-dealkylation sites (N-methyl/N-ethyl adjacent to an activating group) is 1. The summed E-state index contributed by atoms with van der Waals surface area (Å²) in [5.41, 5.74) is 0.176. The molecule has 2 aromatic heterocycles. The highest BCUT2D eigenvalue weighted by atomic mass is 32.1. The standard InChI is InChI=1S/C22H23F3N4O4S/c1-11-15(31-3)6-5-13-17(11)27-18(20-26-16(10-34-20)22(23,24)25)28-19(13)33-12-7-8-29(2)14(9-12)21(30)32-4/h5-6,10,12,14H,7-9H2,1-4H3/t12-,14-/m0/s1. The Balaban J connectivity index is 1.77. The lowest BCUT2D eigenvalue weighted by molar-refractivity contribution is -0.149. The van der Waals surface area contributed by atoms with E-state index in [4.69, 9.17) is 14.2 Å². The molecule has 0 unspecified atom stereocenters. The van der Waals surface area contributed by atoms with E-state index in [0.717, 1.165) is 16.7 Å². The number of piperidine rings is 1. The normalized spacial score (nSPS) is 19.3. The molecule has 3 heterocycles. The molecule has 2 atom stereocenters. The maximum absolute atomic E-state index is 13.1. The zero-order valence-corrected chi connectivity index (χ0v) is 19.8. The second-order valence-corrected chi connectivity index (χ2v) is 8.82. The van der Waals surface area contributed by atoms with Gasteiger partial charge in [-0.3, -0.25) is 9.69 Å². The largest absolute Gasteiger partial charge is 0.496 e. The number of hydrogen-bond donors (Lipinski definition) is 0. The van der Waals surface area contributed by atoms with Crippen LogP contribution in [0.1, 0.15) is 24.1 Å². The predicted octanol–water partition coefficient (Wildman–Crippen LogP) is 4.10. The van der Waals surface area contributed by atoms with E-state index < -0.39 is 17.9 Å². The summed E-state index contributed by atoms with van der Waals surface area (Å²) in [7, 11) is 4.70.